The third kappa shape index (κ3) is 10.8. The molecule has 0 aliphatic carbocycles. The number of unbranched alkanes of at least 4 members (excludes halogenated alkanes) is 9. The molecule has 0 aliphatic heterocycles. The van der Waals surface area contributed by atoms with Crippen LogP contribution in [0.5, 0.6) is 0 Å². The molecule has 0 amide bonds. The van der Waals surface area contributed by atoms with E-state index in [2.05, 4.69) is 11.9 Å². The van der Waals surface area contributed by atoms with Crippen molar-refractivity contribution in [2.75, 3.05) is 5.75 Å². The first-order valence-corrected chi connectivity index (χ1v) is 9.76. The lowest BCUT2D eigenvalue weighted by Crippen LogP contribution is -2.07. The molecule has 1 heterocycles. The van der Waals surface area contributed by atoms with Crippen molar-refractivity contribution >= 4 is 16.9 Å². The SMILES string of the molecule is CCCCCCCCCCCCSC(N)=NCc1ccco1. The number of rotatable bonds is 13. The normalized spacial score (nSPS) is 12.0. The van der Waals surface area contributed by atoms with Crippen LogP contribution < -0.4 is 5.73 Å². The van der Waals surface area contributed by atoms with E-state index in [0.29, 0.717) is 11.7 Å². The molecule has 0 bridgehead atoms. The summed E-state index contributed by atoms with van der Waals surface area (Å²) in [5.74, 6) is 1.94. The minimum absolute atomic E-state index is 0.546. The van der Waals surface area contributed by atoms with Crippen molar-refractivity contribution < 1.29 is 4.42 Å². The van der Waals surface area contributed by atoms with Gasteiger partial charge in [-0.3, -0.25) is 4.99 Å². The van der Waals surface area contributed by atoms with Gasteiger partial charge in [0, 0.05) is 5.75 Å². The molecule has 0 saturated carbocycles. The van der Waals surface area contributed by atoms with Gasteiger partial charge in [0.25, 0.3) is 0 Å². The molecule has 22 heavy (non-hydrogen) atoms. The van der Waals surface area contributed by atoms with Crippen LogP contribution in [0.2, 0.25) is 0 Å². The summed E-state index contributed by atoms with van der Waals surface area (Å²) in [6.45, 7) is 2.82. The van der Waals surface area contributed by atoms with Gasteiger partial charge in [-0.1, -0.05) is 76.5 Å². The summed E-state index contributed by atoms with van der Waals surface area (Å²) in [5, 5.41) is 0.673. The average molecular weight is 325 g/mol. The Hall–Kier alpha value is -0.900. The van der Waals surface area contributed by atoms with Crippen molar-refractivity contribution in [3.05, 3.63) is 24.2 Å². The van der Waals surface area contributed by atoms with Crippen molar-refractivity contribution in [1.82, 2.24) is 0 Å². The van der Waals surface area contributed by atoms with E-state index in [-0.39, 0.29) is 0 Å². The maximum Gasteiger partial charge on any atom is 0.154 e. The van der Waals surface area contributed by atoms with Crippen molar-refractivity contribution in [1.29, 1.82) is 0 Å². The zero-order chi connectivity index (χ0) is 15.9. The second kappa shape index (κ2) is 13.7. The fraction of sp³-hybridized carbons (Fsp3) is 0.722. The Balaban J connectivity index is 1.85. The number of furan rings is 1. The minimum Gasteiger partial charge on any atom is -0.467 e. The van der Waals surface area contributed by atoms with Gasteiger partial charge in [0.2, 0.25) is 0 Å². The van der Waals surface area contributed by atoms with Gasteiger partial charge in [0.05, 0.1) is 12.8 Å². The number of nitrogens with zero attached hydrogens (tertiary/aromatic N) is 1. The molecular formula is C18H32N2OS. The van der Waals surface area contributed by atoms with E-state index in [0.717, 1.165) is 11.5 Å². The number of amidine groups is 1. The lowest BCUT2D eigenvalue weighted by Gasteiger charge is -2.03. The molecule has 0 saturated heterocycles. The highest BCUT2D eigenvalue weighted by Gasteiger charge is 1.97. The van der Waals surface area contributed by atoms with Crippen molar-refractivity contribution in [2.24, 2.45) is 10.7 Å². The van der Waals surface area contributed by atoms with Crippen LogP contribution in [-0.4, -0.2) is 10.9 Å². The van der Waals surface area contributed by atoms with Gasteiger partial charge in [-0.05, 0) is 18.6 Å². The highest BCUT2D eigenvalue weighted by atomic mass is 32.2. The topological polar surface area (TPSA) is 51.5 Å². The summed E-state index contributed by atoms with van der Waals surface area (Å²) in [6.07, 6.45) is 15.4. The van der Waals surface area contributed by atoms with Gasteiger partial charge in [-0.2, -0.15) is 0 Å². The maximum absolute atomic E-state index is 5.88. The second-order valence-corrected chi connectivity index (χ2v) is 6.88. The lowest BCUT2D eigenvalue weighted by atomic mass is 10.1. The molecular weight excluding hydrogens is 292 g/mol. The third-order valence-corrected chi connectivity index (χ3v) is 4.64. The van der Waals surface area contributed by atoms with Gasteiger partial charge in [-0.15, -0.1) is 0 Å². The first kappa shape index (κ1) is 19.1. The fourth-order valence-corrected chi connectivity index (χ4v) is 3.08. The quantitative estimate of drug-likeness (QED) is 0.285. The minimum atomic E-state index is 0.546. The number of thioether (sulfide) groups is 1. The number of hydrogen-bond acceptors (Lipinski definition) is 3. The highest BCUT2D eigenvalue weighted by Crippen LogP contribution is 2.12. The number of aliphatic imine (C=N–C) groups is 1. The van der Waals surface area contributed by atoms with E-state index in [1.807, 2.05) is 12.1 Å². The Kier molecular flexibility index (Phi) is 12.0. The van der Waals surface area contributed by atoms with Crippen molar-refractivity contribution in [3.8, 4) is 0 Å². The molecule has 1 aromatic rings. The summed E-state index contributed by atoms with van der Waals surface area (Å²) < 4.78 is 5.22. The Morgan fingerprint density at radius 2 is 1.68 bits per heavy atom. The standard InChI is InChI=1S/C18H32N2OS/c1-2-3-4-5-6-7-8-9-10-11-15-22-18(19)20-16-17-13-12-14-21-17/h12-14H,2-11,15-16H2,1H3,(H2,19,20). The van der Waals surface area contributed by atoms with E-state index < -0.39 is 0 Å². The van der Waals surface area contributed by atoms with E-state index in [1.165, 1.54) is 64.2 Å². The lowest BCUT2D eigenvalue weighted by molar-refractivity contribution is 0.513. The molecule has 1 rings (SSSR count). The van der Waals surface area contributed by atoms with E-state index in [4.69, 9.17) is 10.2 Å². The van der Waals surface area contributed by atoms with Crippen LogP contribution >= 0.6 is 11.8 Å². The fourth-order valence-electron chi connectivity index (χ4n) is 2.37. The Bertz CT molecular complexity index is 376. The van der Waals surface area contributed by atoms with Crippen LogP contribution in [0.25, 0.3) is 0 Å². The predicted octanol–water partition coefficient (Wildman–Crippen LogP) is 5.75. The van der Waals surface area contributed by atoms with E-state index in [1.54, 1.807) is 18.0 Å². The summed E-state index contributed by atoms with van der Waals surface area (Å²) in [7, 11) is 0. The Labute approximate surface area is 140 Å². The number of hydrogen-bond donors (Lipinski definition) is 1. The Morgan fingerprint density at radius 3 is 2.27 bits per heavy atom. The summed E-state index contributed by atoms with van der Waals surface area (Å²) in [6, 6.07) is 3.79. The molecule has 0 unspecified atom stereocenters. The zero-order valence-corrected chi connectivity index (χ0v) is 14.9. The Morgan fingerprint density at radius 1 is 1.05 bits per heavy atom. The van der Waals surface area contributed by atoms with Gasteiger partial charge >= 0.3 is 0 Å². The molecule has 126 valence electrons. The summed E-state index contributed by atoms with van der Waals surface area (Å²) in [4.78, 5) is 4.31. The van der Waals surface area contributed by atoms with Crippen LogP contribution in [0, 0.1) is 0 Å². The molecule has 1 aromatic heterocycles. The monoisotopic (exact) mass is 324 g/mol. The van der Waals surface area contributed by atoms with E-state index >= 15 is 0 Å². The average Bonchev–Trinajstić information content (AvgIpc) is 3.04. The van der Waals surface area contributed by atoms with Gasteiger partial charge < -0.3 is 10.2 Å². The van der Waals surface area contributed by atoms with Crippen LogP contribution in [0.15, 0.2) is 27.8 Å². The first-order chi connectivity index (χ1) is 10.8. The molecule has 0 aromatic carbocycles. The highest BCUT2D eigenvalue weighted by molar-refractivity contribution is 8.13. The molecule has 4 heteroatoms. The van der Waals surface area contributed by atoms with E-state index in [9.17, 15) is 0 Å². The molecule has 0 aliphatic rings. The van der Waals surface area contributed by atoms with Crippen LogP contribution in [0.3, 0.4) is 0 Å². The molecule has 3 nitrogen and oxygen atoms in total. The molecule has 0 radical (unpaired) electrons. The second-order valence-electron chi connectivity index (χ2n) is 5.76. The van der Waals surface area contributed by atoms with Gasteiger partial charge in [-0.25, -0.2) is 0 Å². The maximum atomic E-state index is 5.88. The molecule has 2 N–H and O–H groups in total. The summed E-state index contributed by atoms with van der Waals surface area (Å²) in [5.41, 5.74) is 5.88. The van der Waals surface area contributed by atoms with Crippen LogP contribution in [0.1, 0.15) is 76.9 Å². The van der Waals surface area contributed by atoms with Gasteiger partial charge in [0.1, 0.15) is 5.76 Å². The van der Waals surface area contributed by atoms with Crippen molar-refractivity contribution in [2.45, 2.75) is 77.7 Å². The predicted molar refractivity (Wildman–Crippen MR) is 98.3 cm³/mol. The summed E-state index contributed by atoms with van der Waals surface area (Å²) >= 11 is 1.66. The first-order valence-electron chi connectivity index (χ1n) is 8.78. The van der Waals surface area contributed by atoms with Crippen LogP contribution in [-0.2, 0) is 6.54 Å². The smallest absolute Gasteiger partial charge is 0.154 e. The van der Waals surface area contributed by atoms with Crippen LogP contribution in [0.4, 0.5) is 0 Å². The van der Waals surface area contributed by atoms with Crippen molar-refractivity contribution in [3.63, 3.8) is 0 Å². The van der Waals surface area contributed by atoms with Gasteiger partial charge in [0.15, 0.2) is 5.17 Å². The molecule has 0 spiro atoms. The third-order valence-electron chi connectivity index (χ3n) is 3.72. The molecule has 0 fully saturated rings. The molecule has 0 atom stereocenters. The zero-order valence-electron chi connectivity index (χ0n) is 14.1. The largest absolute Gasteiger partial charge is 0.467 e. The number of nitrogens with two attached hydrogens (primary N) is 1.